The highest BCUT2D eigenvalue weighted by atomic mass is 35.5. The first-order chi connectivity index (χ1) is 9.70. The second-order valence-electron chi connectivity index (χ2n) is 4.34. The van der Waals surface area contributed by atoms with Crippen molar-refractivity contribution in [3.05, 3.63) is 64.1 Å². The Morgan fingerprint density at radius 2 is 1.80 bits per heavy atom. The van der Waals surface area contributed by atoms with Crippen molar-refractivity contribution in [1.82, 2.24) is 5.43 Å². The van der Waals surface area contributed by atoms with Gasteiger partial charge in [-0.1, -0.05) is 47.5 Å². The highest BCUT2D eigenvalue weighted by Gasteiger charge is 2.11. The summed E-state index contributed by atoms with van der Waals surface area (Å²) in [6, 6.07) is 15.1. The van der Waals surface area contributed by atoms with Crippen LogP contribution in [0.1, 0.15) is 18.0 Å². The van der Waals surface area contributed by atoms with E-state index >= 15 is 0 Å². The molecule has 0 aliphatic carbocycles. The van der Waals surface area contributed by atoms with E-state index in [1.165, 1.54) is 0 Å². The number of hydrazine groups is 1. The fraction of sp³-hybridized carbons (Fsp3) is 0.200. The maximum Gasteiger partial charge on any atom is 0.119 e. The van der Waals surface area contributed by atoms with E-state index in [2.05, 4.69) is 5.43 Å². The molecule has 1 unspecified atom stereocenters. The summed E-state index contributed by atoms with van der Waals surface area (Å²) in [6.07, 6.45) is 0.726. The number of halogens is 2. The molecule has 3 nitrogen and oxygen atoms in total. The molecule has 0 aromatic heterocycles. The average molecular weight is 311 g/mol. The van der Waals surface area contributed by atoms with Crippen LogP contribution in [-0.4, -0.2) is 6.61 Å². The molecule has 0 aliphatic heterocycles. The third-order valence-corrected chi connectivity index (χ3v) is 3.70. The van der Waals surface area contributed by atoms with Crippen molar-refractivity contribution in [3.63, 3.8) is 0 Å². The molecular weight excluding hydrogens is 295 g/mol. The van der Waals surface area contributed by atoms with Crippen LogP contribution < -0.4 is 16.0 Å². The molecule has 0 aliphatic rings. The predicted octanol–water partition coefficient (Wildman–Crippen LogP) is 3.97. The highest BCUT2D eigenvalue weighted by molar-refractivity contribution is 6.42. The summed E-state index contributed by atoms with van der Waals surface area (Å²) >= 11 is 11.9. The minimum atomic E-state index is -0.0338. The number of nitrogens with one attached hydrogen (secondary N) is 1. The maximum absolute atomic E-state index is 6.01. The van der Waals surface area contributed by atoms with Crippen molar-refractivity contribution < 1.29 is 4.74 Å². The quantitative estimate of drug-likeness (QED) is 0.627. The maximum atomic E-state index is 6.01. The molecule has 0 spiro atoms. The van der Waals surface area contributed by atoms with Gasteiger partial charge in [0.2, 0.25) is 0 Å². The summed E-state index contributed by atoms with van der Waals surface area (Å²) < 4.78 is 5.66. The molecule has 5 heteroatoms. The van der Waals surface area contributed by atoms with Gasteiger partial charge >= 0.3 is 0 Å². The van der Waals surface area contributed by atoms with Crippen LogP contribution in [0.5, 0.6) is 5.75 Å². The van der Waals surface area contributed by atoms with E-state index < -0.39 is 0 Å². The van der Waals surface area contributed by atoms with Gasteiger partial charge in [-0.3, -0.25) is 11.3 Å². The van der Waals surface area contributed by atoms with E-state index in [4.69, 9.17) is 33.8 Å². The van der Waals surface area contributed by atoms with Gasteiger partial charge in [-0.15, -0.1) is 0 Å². The van der Waals surface area contributed by atoms with Crippen LogP contribution in [0.25, 0.3) is 0 Å². The molecule has 3 N–H and O–H groups in total. The lowest BCUT2D eigenvalue weighted by Crippen LogP contribution is -2.29. The van der Waals surface area contributed by atoms with Crippen molar-refractivity contribution >= 4 is 23.2 Å². The molecule has 0 radical (unpaired) electrons. The Balaban J connectivity index is 1.93. The zero-order valence-electron chi connectivity index (χ0n) is 10.9. The summed E-state index contributed by atoms with van der Waals surface area (Å²) in [5.41, 5.74) is 3.75. The molecule has 0 bridgehead atoms. The second-order valence-corrected chi connectivity index (χ2v) is 5.16. The Hall–Kier alpha value is -1.26. The van der Waals surface area contributed by atoms with E-state index in [0.717, 1.165) is 17.7 Å². The molecule has 2 rings (SSSR count). The first kappa shape index (κ1) is 15.1. The van der Waals surface area contributed by atoms with E-state index in [1.54, 1.807) is 6.07 Å². The average Bonchev–Trinajstić information content (AvgIpc) is 2.48. The molecule has 0 amide bonds. The smallest absolute Gasteiger partial charge is 0.119 e. The minimum absolute atomic E-state index is 0.0338. The van der Waals surface area contributed by atoms with Gasteiger partial charge in [0, 0.05) is 12.5 Å². The largest absolute Gasteiger partial charge is 0.494 e. The summed E-state index contributed by atoms with van der Waals surface area (Å²) in [5.74, 6) is 6.44. The Morgan fingerprint density at radius 3 is 2.45 bits per heavy atom. The molecule has 2 aromatic rings. The highest BCUT2D eigenvalue weighted by Crippen LogP contribution is 2.26. The standard InChI is InChI=1S/C15H16Cl2N2O/c16-13-7-6-11(10-14(13)17)15(19-18)8-9-20-12-4-2-1-3-5-12/h1-7,10,15,19H,8-9,18H2. The lowest BCUT2D eigenvalue weighted by molar-refractivity contribution is 0.287. The van der Waals surface area contributed by atoms with Crippen LogP contribution in [0.2, 0.25) is 10.0 Å². The number of benzene rings is 2. The Morgan fingerprint density at radius 1 is 1.05 bits per heavy atom. The number of para-hydroxylation sites is 1. The summed E-state index contributed by atoms with van der Waals surface area (Å²) in [7, 11) is 0. The fourth-order valence-electron chi connectivity index (χ4n) is 1.89. The first-order valence-corrected chi connectivity index (χ1v) is 7.05. The van der Waals surface area contributed by atoms with Crippen LogP contribution in [0.15, 0.2) is 48.5 Å². The zero-order valence-corrected chi connectivity index (χ0v) is 12.4. The van der Waals surface area contributed by atoms with Crippen LogP contribution in [-0.2, 0) is 0 Å². The molecule has 0 saturated heterocycles. The number of ether oxygens (including phenoxy) is 1. The number of nitrogens with two attached hydrogens (primary N) is 1. The van der Waals surface area contributed by atoms with Crippen molar-refractivity contribution in [1.29, 1.82) is 0 Å². The lowest BCUT2D eigenvalue weighted by atomic mass is 10.1. The fourth-order valence-corrected chi connectivity index (χ4v) is 2.19. The van der Waals surface area contributed by atoms with Crippen LogP contribution in [0.4, 0.5) is 0 Å². The van der Waals surface area contributed by atoms with Crippen molar-refractivity contribution in [2.75, 3.05) is 6.61 Å². The molecule has 1 atom stereocenters. The Bertz CT molecular complexity index is 549. The number of hydrogen-bond donors (Lipinski definition) is 2. The third-order valence-electron chi connectivity index (χ3n) is 2.97. The lowest BCUT2D eigenvalue weighted by Gasteiger charge is -2.17. The number of rotatable bonds is 6. The SMILES string of the molecule is NNC(CCOc1ccccc1)c1ccc(Cl)c(Cl)c1. The minimum Gasteiger partial charge on any atom is -0.494 e. The van der Waals surface area contributed by atoms with Crippen molar-refractivity contribution in [3.8, 4) is 5.75 Å². The van der Waals surface area contributed by atoms with Crippen molar-refractivity contribution in [2.45, 2.75) is 12.5 Å². The summed E-state index contributed by atoms with van der Waals surface area (Å²) in [4.78, 5) is 0. The first-order valence-electron chi connectivity index (χ1n) is 6.29. The molecule has 106 valence electrons. The zero-order chi connectivity index (χ0) is 14.4. The molecule has 0 heterocycles. The molecule has 2 aromatic carbocycles. The second kappa shape index (κ2) is 7.50. The van der Waals surface area contributed by atoms with E-state index in [-0.39, 0.29) is 6.04 Å². The van der Waals surface area contributed by atoms with Gasteiger partial charge in [-0.05, 0) is 29.8 Å². The van der Waals surface area contributed by atoms with Gasteiger partial charge < -0.3 is 4.74 Å². The van der Waals surface area contributed by atoms with Gasteiger partial charge in [0.05, 0.1) is 16.7 Å². The molecule has 20 heavy (non-hydrogen) atoms. The normalized spacial score (nSPS) is 12.2. The van der Waals surface area contributed by atoms with Gasteiger partial charge in [0.15, 0.2) is 0 Å². The predicted molar refractivity (Wildman–Crippen MR) is 83.1 cm³/mol. The van der Waals surface area contributed by atoms with E-state index in [9.17, 15) is 0 Å². The van der Waals surface area contributed by atoms with E-state index in [1.807, 2.05) is 42.5 Å². The van der Waals surface area contributed by atoms with Crippen LogP contribution in [0, 0.1) is 0 Å². The van der Waals surface area contributed by atoms with Gasteiger partial charge in [-0.2, -0.15) is 0 Å². The summed E-state index contributed by atoms with van der Waals surface area (Å²) in [5, 5.41) is 1.06. The van der Waals surface area contributed by atoms with Gasteiger partial charge in [-0.25, -0.2) is 0 Å². The monoisotopic (exact) mass is 310 g/mol. The summed E-state index contributed by atoms with van der Waals surface area (Å²) in [6.45, 7) is 0.555. The van der Waals surface area contributed by atoms with Crippen LogP contribution in [0.3, 0.4) is 0 Å². The Kier molecular flexibility index (Phi) is 5.68. The third kappa shape index (κ3) is 4.12. The Labute approximate surface area is 128 Å². The van der Waals surface area contributed by atoms with Gasteiger partial charge in [0.1, 0.15) is 5.75 Å². The van der Waals surface area contributed by atoms with Crippen molar-refractivity contribution in [2.24, 2.45) is 5.84 Å². The number of hydrogen-bond acceptors (Lipinski definition) is 3. The van der Waals surface area contributed by atoms with Gasteiger partial charge in [0.25, 0.3) is 0 Å². The van der Waals surface area contributed by atoms with E-state index in [0.29, 0.717) is 16.7 Å². The molecule has 0 fully saturated rings. The molecule has 0 saturated carbocycles. The molecular formula is C15H16Cl2N2O. The topological polar surface area (TPSA) is 47.3 Å². The van der Waals surface area contributed by atoms with Crippen LogP contribution >= 0.6 is 23.2 Å².